The molecule has 0 aromatic rings. The summed E-state index contributed by atoms with van der Waals surface area (Å²) in [5, 5.41) is 0. The van der Waals surface area contributed by atoms with Gasteiger partial charge in [0.25, 0.3) is 0 Å². The van der Waals surface area contributed by atoms with E-state index in [4.69, 9.17) is 4.74 Å². The molecular formula is C20H34O. The second-order valence-electron chi connectivity index (χ2n) is 7.88. The van der Waals surface area contributed by atoms with Crippen LogP contribution < -0.4 is 0 Å². The molecule has 2 saturated carbocycles. The van der Waals surface area contributed by atoms with E-state index in [1.54, 1.807) is 0 Å². The molecule has 0 aliphatic heterocycles. The fourth-order valence-corrected chi connectivity index (χ4v) is 4.06. The lowest BCUT2D eigenvalue weighted by molar-refractivity contribution is -0.1000. The van der Waals surface area contributed by atoms with Gasteiger partial charge in [-0.25, -0.2) is 0 Å². The fraction of sp³-hybridized carbons (Fsp3) is 0.800. The van der Waals surface area contributed by atoms with Crippen molar-refractivity contribution in [3.05, 3.63) is 24.3 Å². The lowest BCUT2D eigenvalue weighted by Gasteiger charge is -2.41. The summed E-state index contributed by atoms with van der Waals surface area (Å²) >= 11 is 0. The van der Waals surface area contributed by atoms with Crippen LogP contribution in [0.1, 0.15) is 66.2 Å². The van der Waals surface area contributed by atoms with E-state index >= 15 is 0 Å². The molecule has 120 valence electrons. The zero-order valence-corrected chi connectivity index (χ0v) is 14.5. The maximum absolute atomic E-state index is 6.64. The Labute approximate surface area is 131 Å². The normalized spacial score (nSPS) is 40.8. The Balaban J connectivity index is 1.97. The fourth-order valence-electron chi connectivity index (χ4n) is 4.06. The van der Waals surface area contributed by atoms with Gasteiger partial charge in [0.2, 0.25) is 0 Å². The summed E-state index contributed by atoms with van der Waals surface area (Å²) in [5.74, 6) is 2.72. The minimum Gasteiger partial charge on any atom is -0.374 e. The molecule has 0 aromatic carbocycles. The largest absolute Gasteiger partial charge is 0.374 e. The quantitative estimate of drug-likeness (QED) is 0.598. The molecule has 0 bridgehead atoms. The molecular weight excluding hydrogens is 256 g/mol. The third-order valence-electron chi connectivity index (χ3n) is 5.99. The van der Waals surface area contributed by atoms with Gasteiger partial charge >= 0.3 is 0 Å². The van der Waals surface area contributed by atoms with E-state index in [1.807, 2.05) is 0 Å². The second-order valence-corrected chi connectivity index (χ2v) is 7.88. The molecule has 0 amide bonds. The first-order chi connectivity index (χ1) is 9.88. The van der Waals surface area contributed by atoms with Gasteiger partial charge in [-0.05, 0) is 76.0 Å². The molecule has 2 fully saturated rings. The van der Waals surface area contributed by atoms with Crippen molar-refractivity contribution in [1.82, 2.24) is 0 Å². The molecule has 0 N–H and O–H groups in total. The molecule has 1 nitrogen and oxygen atoms in total. The Morgan fingerprint density at radius 2 is 1.14 bits per heavy atom. The van der Waals surface area contributed by atoms with E-state index in [1.165, 1.54) is 49.7 Å². The lowest BCUT2D eigenvalue weighted by Crippen LogP contribution is -2.39. The molecule has 0 saturated heterocycles. The van der Waals surface area contributed by atoms with Gasteiger partial charge in [0.1, 0.15) is 0 Å². The van der Waals surface area contributed by atoms with Gasteiger partial charge in [0.15, 0.2) is 0 Å². The summed E-state index contributed by atoms with van der Waals surface area (Å²) in [6.07, 6.45) is 8.37. The average molecular weight is 290 g/mol. The highest BCUT2D eigenvalue weighted by molar-refractivity contribution is 5.02. The van der Waals surface area contributed by atoms with Crippen molar-refractivity contribution in [2.75, 3.05) is 0 Å². The number of hydrogen-bond acceptors (Lipinski definition) is 1. The van der Waals surface area contributed by atoms with Crippen LogP contribution in [0.25, 0.3) is 0 Å². The van der Waals surface area contributed by atoms with Crippen molar-refractivity contribution in [2.45, 2.75) is 78.4 Å². The lowest BCUT2D eigenvalue weighted by atomic mass is 9.76. The van der Waals surface area contributed by atoms with E-state index in [2.05, 4.69) is 40.9 Å². The molecule has 6 atom stereocenters. The smallest absolute Gasteiger partial charge is 0.0610 e. The molecule has 2 aliphatic rings. The van der Waals surface area contributed by atoms with Crippen LogP contribution in [0.3, 0.4) is 0 Å². The van der Waals surface area contributed by atoms with Gasteiger partial charge in [-0.15, -0.1) is 0 Å². The summed E-state index contributed by atoms with van der Waals surface area (Å²) in [6, 6.07) is 0. The SMILES string of the molecule is C=C(C)[C@@H]1CCC(C)C(OC2C[C@H](C(=C)C)CCC2C)C1. The minimum absolute atomic E-state index is 0.428. The highest BCUT2D eigenvalue weighted by Crippen LogP contribution is 2.39. The van der Waals surface area contributed by atoms with Crippen molar-refractivity contribution < 1.29 is 4.74 Å². The number of ether oxygens (including phenoxy) is 1. The molecule has 4 unspecified atom stereocenters. The van der Waals surface area contributed by atoms with E-state index in [0.717, 1.165) is 0 Å². The van der Waals surface area contributed by atoms with Crippen LogP contribution in [0.15, 0.2) is 24.3 Å². The maximum Gasteiger partial charge on any atom is 0.0610 e. The van der Waals surface area contributed by atoms with Crippen LogP contribution in [0, 0.1) is 23.7 Å². The molecule has 0 spiro atoms. The van der Waals surface area contributed by atoms with Crippen LogP contribution in [-0.4, -0.2) is 12.2 Å². The molecule has 0 aromatic heterocycles. The summed E-state index contributed by atoms with van der Waals surface area (Å²) in [5.41, 5.74) is 2.68. The summed E-state index contributed by atoms with van der Waals surface area (Å²) in [6.45, 7) is 17.4. The highest BCUT2D eigenvalue weighted by Gasteiger charge is 2.35. The summed E-state index contributed by atoms with van der Waals surface area (Å²) in [4.78, 5) is 0. The van der Waals surface area contributed by atoms with Gasteiger partial charge in [-0.1, -0.05) is 38.2 Å². The predicted molar refractivity (Wildman–Crippen MR) is 91.3 cm³/mol. The minimum atomic E-state index is 0.428. The van der Waals surface area contributed by atoms with Gasteiger partial charge in [0, 0.05) is 0 Å². The van der Waals surface area contributed by atoms with E-state index in [-0.39, 0.29) is 0 Å². The van der Waals surface area contributed by atoms with Crippen molar-refractivity contribution in [3.63, 3.8) is 0 Å². The van der Waals surface area contributed by atoms with Crippen molar-refractivity contribution in [3.8, 4) is 0 Å². The third-order valence-corrected chi connectivity index (χ3v) is 5.99. The van der Waals surface area contributed by atoms with Gasteiger partial charge in [0.05, 0.1) is 12.2 Å². The van der Waals surface area contributed by atoms with E-state index in [9.17, 15) is 0 Å². The maximum atomic E-state index is 6.64. The van der Waals surface area contributed by atoms with E-state index in [0.29, 0.717) is 35.9 Å². The van der Waals surface area contributed by atoms with Crippen LogP contribution in [0.2, 0.25) is 0 Å². The molecule has 2 rings (SSSR count). The molecule has 2 aliphatic carbocycles. The van der Waals surface area contributed by atoms with Crippen molar-refractivity contribution in [1.29, 1.82) is 0 Å². The Bertz CT molecular complexity index is 347. The predicted octanol–water partition coefficient (Wildman–Crippen LogP) is 5.76. The van der Waals surface area contributed by atoms with Crippen molar-refractivity contribution >= 4 is 0 Å². The monoisotopic (exact) mass is 290 g/mol. The first kappa shape index (κ1) is 16.8. The Kier molecular flexibility index (Phi) is 5.71. The standard InChI is InChI=1S/C20H34O/c1-13(2)17-9-7-15(5)19(11-17)21-20-12-18(14(3)4)10-8-16(20)6/h15-20H,1,3,7-12H2,2,4-6H3/t15?,16?,17-,18-,19?,20?/m1/s1. The average Bonchev–Trinajstić information content (AvgIpc) is 2.43. The molecule has 21 heavy (non-hydrogen) atoms. The zero-order chi connectivity index (χ0) is 15.6. The molecule has 0 radical (unpaired) electrons. The van der Waals surface area contributed by atoms with Gasteiger partial charge in [-0.2, -0.15) is 0 Å². The molecule has 1 heteroatoms. The highest BCUT2D eigenvalue weighted by atomic mass is 16.5. The summed E-state index contributed by atoms with van der Waals surface area (Å²) in [7, 11) is 0. The number of rotatable bonds is 4. The summed E-state index contributed by atoms with van der Waals surface area (Å²) < 4.78 is 6.64. The van der Waals surface area contributed by atoms with Gasteiger partial charge in [-0.3, -0.25) is 0 Å². The Hall–Kier alpha value is -0.560. The first-order valence-corrected chi connectivity index (χ1v) is 8.84. The van der Waals surface area contributed by atoms with Gasteiger partial charge < -0.3 is 4.74 Å². The van der Waals surface area contributed by atoms with Crippen LogP contribution >= 0.6 is 0 Å². The number of hydrogen-bond donors (Lipinski definition) is 0. The van der Waals surface area contributed by atoms with Crippen molar-refractivity contribution in [2.24, 2.45) is 23.7 Å². The Morgan fingerprint density at radius 3 is 1.48 bits per heavy atom. The zero-order valence-electron chi connectivity index (χ0n) is 14.5. The van der Waals surface area contributed by atoms with Crippen LogP contribution in [0.5, 0.6) is 0 Å². The van der Waals surface area contributed by atoms with Crippen LogP contribution in [0.4, 0.5) is 0 Å². The second kappa shape index (κ2) is 7.13. The molecule has 0 heterocycles. The first-order valence-electron chi connectivity index (χ1n) is 8.84. The third kappa shape index (κ3) is 4.22. The number of allylic oxidation sites excluding steroid dienone is 2. The Morgan fingerprint density at radius 1 is 0.762 bits per heavy atom. The topological polar surface area (TPSA) is 9.23 Å². The van der Waals surface area contributed by atoms with E-state index < -0.39 is 0 Å². The van der Waals surface area contributed by atoms with Crippen LogP contribution in [-0.2, 0) is 4.74 Å².